The van der Waals surface area contributed by atoms with Gasteiger partial charge in [0.1, 0.15) is 0 Å². The number of unbranched alkanes of at least 4 members (excludes halogenated alkanes) is 1. The molecule has 1 fully saturated rings. The molecule has 0 bridgehead atoms. The number of methoxy groups -OCH3 is 1. The number of carbonyl (C=O) groups excluding carboxylic acids is 3. The number of aromatic nitrogens is 3. The van der Waals surface area contributed by atoms with Gasteiger partial charge in [0, 0.05) is 53.8 Å². The van der Waals surface area contributed by atoms with Gasteiger partial charge in [-0.05, 0) is 73.6 Å². The second kappa shape index (κ2) is 14.7. The van der Waals surface area contributed by atoms with E-state index in [1.165, 1.54) is 7.11 Å². The van der Waals surface area contributed by atoms with Crippen molar-refractivity contribution in [2.24, 2.45) is 5.92 Å². The number of anilines is 3. The topological polar surface area (TPSA) is 147 Å². The van der Waals surface area contributed by atoms with E-state index in [0.29, 0.717) is 60.5 Å². The minimum atomic E-state index is -2.98. The molecule has 8 rings (SSSR count). The van der Waals surface area contributed by atoms with Crippen molar-refractivity contribution in [1.29, 1.82) is 0 Å². The minimum absolute atomic E-state index is 0.117. The normalized spacial score (nSPS) is 22.1. The molecule has 1 unspecified atom stereocenters. The SMILES string of the molecule is COC(=O)CCCCN1C(=O)[C@@]2(O[C@@H](CCn3cc(C(CO)c4ccccc4)nn3)[C@H]([Si](C)(C)O)[C@H]2C)c2cc(N3C(=O)c4cccc5cccc3c45)ccc21. The average molecular weight is 774 g/mol. The lowest BCUT2D eigenvalue weighted by Gasteiger charge is -2.32. The van der Waals surface area contributed by atoms with Crippen LogP contribution in [0.1, 0.15) is 65.7 Å². The molecule has 4 aromatic carbocycles. The molecule has 1 spiro atoms. The molecule has 5 aromatic rings. The lowest BCUT2D eigenvalue weighted by atomic mass is 9.82. The number of fused-ring (bicyclic) bond motifs is 2. The van der Waals surface area contributed by atoms with Crippen LogP contribution >= 0.6 is 0 Å². The van der Waals surface area contributed by atoms with Gasteiger partial charge in [0.05, 0.1) is 48.4 Å². The van der Waals surface area contributed by atoms with Crippen LogP contribution in [0.15, 0.2) is 91.1 Å². The summed E-state index contributed by atoms with van der Waals surface area (Å²) in [6, 6.07) is 27.0. The number of carbonyl (C=O) groups is 3. The number of ether oxygens (including phenoxy) is 2. The zero-order valence-corrected chi connectivity index (χ0v) is 33.1. The highest BCUT2D eigenvalue weighted by atomic mass is 28.4. The number of hydrogen-bond donors (Lipinski definition) is 2. The number of rotatable bonds is 13. The first-order chi connectivity index (χ1) is 27.0. The molecule has 0 radical (unpaired) electrons. The number of aryl methyl sites for hydroxylation is 1. The number of aliphatic hydroxyl groups excluding tert-OH is 1. The van der Waals surface area contributed by atoms with Gasteiger partial charge >= 0.3 is 5.97 Å². The van der Waals surface area contributed by atoms with E-state index >= 15 is 4.79 Å². The maximum Gasteiger partial charge on any atom is 0.305 e. The van der Waals surface area contributed by atoms with E-state index < -0.39 is 25.9 Å². The van der Waals surface area contributed by atoms with Crippen LogP contribution in [0, 0.1) is 5.92 Å². The molecule has 0 aliphatic carbocycles. The molecule has 290 valence electrons. The van der Waals surface area contributed by atoms with E-state index in [9.17, 15) is 19.5 Å². The van der Waals surface area contributed by atoms with Gasteiger partial charge in [0.2, 0.25) is 0 Å². The maximum atomic E-state index is 15.1. The third-order valence-electron chi connectivity index (χ3n) is 12.0. The summed E-state index contributed by atoms with van der Waals surface area (Å²) < 4.78 is 13.7. The highest BCUT2D eigenvalue weighted by Gasteiger charge is 2.66. The third-order valence-corrected chi connectivity index (χ3v) is 14.5. The molecule has 13 heteroatoms. The van der Waals surface area contributed by atoms with Gasteiger partial charge < -0.3 is 24.3 Å². The number of aliphatic hydroxyl groups is 1. The van der Waals surface area contributed by atoms with Crippen LogP contribution in [0.5, 0.6) is 0 Å². The first-order valence-electron chi connectivity index (χ1n) is 19.3. The number of hydrogen-bond acceptors (Lipinski definition) is 9. The summed E-state index contributed by atoms with van der Waals surface area (Å²) >= 11 is 0. The standard InChI is InChI=1S/C43H47N5O7Si/c1-27-40(56(3,4)53)37(21-23-46-25-34(44-45-46)32(26-49)28-12-6-5-7-13-28)55-43(27)33-24-30(19-20-35(33)47(42(43)52)22-9-8-18-38(50)54-2)48-36-17-11-15-29-14-10-16-31(39(29)36)41(48)51/h5-7,10-17,19-20,24-25,27,32,37,40,49,53H,8-9,18,21-23,26H2,1-4H3/t27-,32?,37+,40-,43+/m1/s1. The van der Waals surface area contributed by atoms with Gasteiger partial charge in [-0.3, -0.25) is 24.0 Å². The van der Waals surface area contributed by atoms with E-state index in [-0.39, 0.29) is 42.3 Å². The van der Waals surface area contributed by atoms with Crippen LogP contribution in [0.3, 0.4) is 0 Å². The van der Waals surface area contributed by atoms with Crippen molar-refractivity contribution < 1.29 is 33.8 Å². The molecule has 1 aromatic heterocycles. The molecular weight excluding hydrogens is 727 g/mol. The number of esters is 1. The molecule has 4 heterocycles. The number of benzene rings is 4. The van der Waals surface area contributed by atoms with Gasteiger partial charge in [0.25, 0.3) is 11.8 Å². The fourth-order valence-corrected chi connectivity index (χ4v) is 12.0. The van der Waals surface area contributed by atoms with Crippen molar-refractivity contribution in [3.63, 3.8) is 0 Å². The van der Waals surface area contributed by atoms with Crippen molar-refractivity contribution in [1.82, 2.24) is 15.0 Å². The van der Waals surface area contributed by atoms with Crippen LogP contribution < -0.4 is 9.80 Å². The van der Waals surface area contributed by atoms with Crippen molar-refractivity contribution in [2.45, 2.75) is 75.4 Å². The largest absolute Gasteiger partial charge is 0.469 e. The lowest BCUT2D eigenvalue weighted by molar-refractivity contribution is -0.146. The highest BCUT2D eigenvalue weighted by molar-refractivity contribution is 6.71. The molecule has 2 N–H and O–H groups in total. The molecule has 3 aliphatic rings. The summed E-state index contributed by atoms with van der Waals surface area (Å²) in [6.45, 7) is 6.44. The molecule has 0 saturated carbocycles. The summed E-state index contributed by atoms with van der Waals surface area (Å²) in [7, 11) is -1.62. The van der Waals surface area contributed by atoms with Crippen LogP contribution in [-0.4, -0.2) is 77.4 Å². The first kappa shape index (κ1) is 37.7. The number of amides is 2. The fourth-order valence-electron chi connectivity index (χ4n) is 9.41. The summed E-state index contributed by atoms with van der Waals surface area (Å²) in [6.07, 6.45) is 3.14. The predicted octanol–water partition coefficient (Wildman–Crippen LogP) is 6.43. The molecule has 1 saturated heterocycles. The van der Waals surface area contributed by atoms with Gasteiger partial charge in [-0.15, -0.1) is 5.10 Å². The van der Waals surface area contributed by atoms with Crippen molar-refractivity contribution in [3.8, 4) is 0 Å². The zero-order valence-electron chi connectivity index (χ0n) is 32.1. The van der Waals surface area contributed by atoms with Crippen LogP contribution in [0.25, 0.3) is 10.8 Å². The summed E-state index contributed by atoms with van der Waals surface area (Å²) in [5.74, 6) is -1.40. The Bertz CT molecular complexity index is 2300. The Hall–Kier alpha value is -5.21. The molecule has 56 heavy (non-hydrogen) atoms. The Balaban J connectivity index is 1.15. The Labute approximate surface area is 326 Å². The quantitative estimate of drug-likeness (QED) is 0.0786. The van der Waals surface area contributed by atoms with Gasteiger partial charge in [-0.25, -0.2) is 0 Å². The van der Waals surface area contributed by atoms with E-state index in [2.05, 4.69) is 10.3 Å². The maximum absolute atomic E-state index is 15.1. The summed E-state index contributed by atoms with van der Waals surface area (Å²) in [5.41, 5.74) is 3.22. The van der Waals surface area contributed by atoms with Crippen LogP contribution in [0.2, 0.25) is 18.6 Å². The van der Waals surface area contributed by atoms with Crippen LogP contribution in [0.4, 0.5) is 17.1 Å². The Morgan fingerprint density at radius 3 is 2.48 bits per heavy atom. The second-order valence-corrected chi connectivity index (χ2v) is 19.7. The van der Waals surface area contributed by atoms with Gasteiger partial charge in [-0.2, -0.15) is 0 Å². The Kier molecular flexibility index (Phi) is 9.90. The average Bonchev–Trinajstić information content (AvgIpc) is 3.92. The monoisotopic (exact) mass is 773 g/mol. The van der Waals surface area contributed by atoms with Crippen molar-refractivity contribution in [3.05, 3.63) is 114 Å². The minimum Gasteiger partial charge on any atom is -0.469 e. The highest BCUT2D eigenvalue weighted by Crippen LogP contribution is 2.60. The second-order valence-electron chi connectivity index (χ2n) is 15.7. The Morgan fingerprint density at radius 2 is 1.75 bits per heavy atom. The van der Waals surface area contributed by atoms with Crippen molar-refractivity contribution in [2.75, 3.05) is 30.1 Å². The summed E-state index contributed by atoms with van der Waals surface area (Å²) in [5, 5.41) is 20.9. The van der Waals surface area contributed by atoms with Gasteiger partial charge in [0.15, 0.2) is 13.9 Å². The zero-order chi connectivity index (χ0) is 39.4. The molecule has 2 amide bonds. The number of nitrogens with zero attached hydrogens (tertiary/aromatic N) is 5. The van der Waals surface area contributed by atoms with E-state index in [0.717, 1.165) is 22.0 Å². The summed E-state index contributed by atoms with van der Waals surface area (Å²) in [4.78, 5) is 56.4. The van der Waals surface area contributed by atoms with E-state index in [1.54, 1.807) is 14.5 Å². The first-order valence-corrected chi connectivity index (χ1v) is 22.4. The molecular formula is C43H47N5O7Si. The fraction of sp³-hybridized carbons (Fsp3) is 0.372. The van der Waals surface area contributed by atoms with Crippen LogP contribution in [-0.2, 0) is 31.2 Å². The Morgan fingerprint density at radius 1 is 0.982 bits per heavy atom. The predicted molar refractivity (Wildman–Crippen MR) is 214 cm³/mol. The third kappa shape index (κ3) is 6.22. The van der Waals surface area contributed by atoms with E-state index in [1.807, 2.05) is 111 Å². The van der Waals surface area contributed by atoms with E-state index in [4.69, 9.17) is 9.47 Å². The molecule has 5 atom stereocenters. The molecule has 12 nitrogen and oxygen atoms in total. The smallest absolute Gasteiger partial charge is 0.305 e. The van der Waals surface area contributed by atoms with Crippen molar-refractivity contribution >= 4 is 53.9 Å². The lowest BCUT2D eigenvalue weighted by Crippen LogP contribution is -2.46. The van der Waals surface area contributed by atoms with Gasteiger partial charge in [-0.1, -0.05) is 66.7 Å². The molecule has 3 aliphatic heterocycles.